The highest BCUT2D eigenvalue weighted by Gasteiger charge is 2.35. The lowest BCUT2D eigenvalue weighted by molar-refractivity contribution is -0.136. The first kappa shape index (κ1) is 19.0. The number of sulfone groups is 1. The number of phenolic OH excluding ortho intramolecular Hbond substituents is 1. The van der Waals surface area contributed by atoms with Gasteiger partial charge >= 0.3 is 0 Å². The van der Waals surface area contributed by atoms with Crippen molar-refractivity contribution in [1.82, 2.24) is 9.80 Å². The number of phenols is 1. The van der Waals surface area contributed by atoms with Crippen LogP contribution in [0.4, 0.5) is 5.69 Å². The molecular formula is C18H27N3O4S. The van der Waals surface area contributed by atoms with Gasteiger partial charge in [-0.15, -0.1) is 0 Å². The second-order valence-corrected chi connectivity index (χ2v) is 9.45. The minimum absolute atomic E-state index is 0.00909. The van der Waals surface area contributed by atoms with E-state index in [1.807, 2.05) is 19.1 Å². The van der Waals surface area contributed by atoms with E-state index in [0.717, 1.165) is 31.9 Å². The first-order chi connectivity index (χ1) is 12.3. The molecule has 0 spiro atoms. The summed E-state index contributed by atoms with van der Waals surface area (Å²) in [5.74, 6) is 0.500. The van der Waals surface area contributed by atoms with Crippen molar-refractivity contribution in [3.63, 3.8) is 0 Å². The molecule has 0 radical (unpaired) electrons. The zero-order valence-corrected chi connectivity index (χ0v) is 16.2. The Bertz CT molecular complexity index is 742. The van der Waals surface area contributed by atoms with Crippen LogP contribution < -0.4 is 4.90 Å². The van der Waals surface area contributed by atoms with Crippen LogP contribution in [0.1, 0.15) is 13.3 Å². The van der Waals surface area contributed by atoms with Gasteiger partial charge in [0.15, 0.2) is 9.84 Å². The van der Waals surface area contributed by atoms with E-state index in [2.05, 4.69) is 9.80 Å². The molecule has 1 N–H and O–H groups in total. The molecule has 2 aliphatic rings. The second kappa shape index (κ2) is 7.44. The molecule has 0 aliphatic carbocycles. The van der Waals surface area contributed by atoms with Gasteiger partial charge in [0.2, 0.25) is 5.91 Å². The molecule has 3 rings (SSSR count). The Kier molecular flexibility index (Phi) is 5.43. The van der Waals surface area contributed by atoms with E-state index in [1.54, 1.807) is 24.1 Å². The normalized spacial score (nSPS) is 24.4. The topological polar surface area (TPSA) is 81.2 Å². The summed E-state index contributed by atoms with van der Waals surface area (Å²) in [6.45, 7) is 5.06. The highest BCUT2D eigenvalue weighted by Crippen LogP contribution is 2.22. The standard InChI is InChI=1S/C18H27N3O4S/c1-14(18(23)19(2)16-7-12-26(24,25)13-16)20-8-10-21(11-9-20)15-3-5-17(22)6-4-15/h3-6,14,16,22H,7-13H2,1-2H3/t14-,16+/m1/s1. The fraction of sp³-hybridized carbons (Fsp3) is 0.611. The molecule has 0 bridgehead atoms. The Morgan fingerprint density at radius 3 is 2.35 bits per heavy atom. The van der Waals surface area contributed by atoms with Gasteiger partial charge in [-0.3, -0.25) is 9.69 Å². The van der Waals surface area contributed by atoms with Gasteiger partial charge in [-0.05, 0) is 37.6 Å². The van der Waals surface area contributed by atoms with E-state index < -0.39 is 9.84 Å². The third kappa shape index (κ3) is 4.12. The number of anilines is 1. The van der Waals surface area contributed by atoms with Crippen LogP contribution in [0, 0.1) is 0 Å². The minimum atomic E-state index is -3.00. The lowest BCUT2D eigenvalue weighted by Crippen LogP contribution is -2.55. The second-order valence-electron chi connectivity index (χ2n) is 7.22. The number of carbonyl (C=O) groups is 1. The van der Waals surface area contributed by atoms with Crippen LogP contribution in [-0.2, 0) is 14.6 Å². The number of likely N-dealkylation sites (N-methyl/N-ethyl adjacent to an activating group) is 1. The van der Waals surface area contributed by atoms with E-state index in [0.29, 0.717) is 6.42 Å². The zero-order chi connectivity index (χ0) is 18.9. The third-order valence-electron chi connectivity index (χ3n) is 5.54. The van der Waals surface area contributed by atoms with Crippen LogP contribution in [0.5, 0.6) is 5.75 Å². The molecule has 2 fully saturated rings. The maximum Gasteiger partial charge on any atom is 0.239 e. The molecule has 26 heavy (non-hydrogen) atoms. The Balaban J connectivity index is 1.55. The summed E-state index contributed by atoms with van der Waals surface area (Å²) in [6.07, 6.45) is 0.534. The van der Waals surface area contributed by atoms with E-state index in [4.69, 9.17) is 0 Å². The summed E-state index contributed by atoms with van der Waals surface area (Å²) in [5.41, 5.74) is 1.06. The monoisotopic (exact) mass is 381 g/mol. The number of carbonyl (C=O) groups excluding carboxylic acids is 1. The summed E-state index contributed by atoms with van der Waals surface area (Å²) < 4.78 is 23.3. The molecule has 8 heteroatoms. The Hall–Kier alpha value is -1.80. The molecule has 2 saturated heterocycles. The molecule has 1 aromatic carbocycles. The number of amides is 1. The van der Waals surface area contributed by atoms with Crippen molar-refractivity contribution in [3.05, 3.63) is 24.3 Å². The molecule has 7 nitrogen and oxygen atoms in total. The average Bonchev–Trinajstić information content (AvgIpc) is 3.00. The van der Waals surface area contributed by atoms with Gasteiger partial charge in [-0.2, -0.15) is 0 Å². The molecule has 0 saturated carbocycles. The summed E-state index contributed by atoms with van der Waals surface area (Å²) >= 11 is 0. The van der Waals surface area contributed by atoms with Gasteiger partial charge < -0.3 is 14.9 Å². The van der Waals surface area contributed by atoms with Crippen molar-refractivity contribution in [2.24, 2.45) is 0 Å². The molecule has 2 heterocycles. The molecule has 144 valence electrons. The number of benzene rings is 1. The highest BCUT2D eigenvalue weighted by atomic mass is 32.2. The molecule has 1 aromatic rings. The van der Waals surface area contributed by atoms with Crippen molar-refractivity contribution in [1.29, 1.82) is 0 Å². The molecule has 0 unspecified atom stereocenters. The summed E-state index contributed by atoms with van der Waals surface area (Å²) in [7, 11) is -1.28. The van der Waals surface area contributed by atoms with Crippen molar-refractivity contribution in [3.8, 4) is 5.75 Å². The summed E-state index contributed by atoms with van der Waals surface area (Å²) in [6, 6.07) is 6.69. The highest BCUT2D eigenvalue weighted by molar-refractivity contribution is 7.91. The number of aromatic hydroxyl groups is 1. The number of rotatable bonds is 4. The van der Waals surface area contributed by atoms with Gasteiger partial charge in [0.05, 0.1) is 17.5 Å². The maximum atomic E-state index is 12.8. The molecular weight excluding hydrogens is 354 g/mol. The fourth-order valence-electron chi connectivity index (χ4n) is 3.74. The predicted molar refractivity (Wildman–Crippen MR) is 101 cm³/mol. The number of nitrogens with zero attached hydrogens (tertiary/aromatic N) is 3. The number of hydrogen-bond donors (Lipinski definition) is 1. The molecule has 2 atom stereocenters. The number of piperazine rings is 1. The maximum absolute atomic E-state index is 12.8. The van der Waals surface area contributed by atoms with Gasteiger partial charge in [-0.25, -0.2) is 8.42 Å². The van der Waals surface area contributed by atoms with E-state index in [1.165, 1.54) is 0 Å². The van der Waals surface area contributed by atoms with Crippen LogP contribution >= 0.6 is 0 Å². The lowest BCUT2D eigenvalue weighted by atomic mass is 10.1. The largest absolute Gasteiger partial charge is 0.508 e. The van der Waals surface area contributed by atoms with E-state index in [9.17, 15) is 18.3 Å². The van der Waals surface area contributed by atoms with Crippen LogP contribution in [0.25, 0.3) is 0 Å². The third-order valence-corrected chi connectivity index (χ3v) is 7.29. The van der Waals surface area contributed by atoms with E-state index in [-0.39, 0.29) is 35.2 Å². The Labute approximate surface area is 155 Å². The van der Waals surface area contributed by atoms with Crippen molar-refractivity contribution >= 4 is 21.4 Å². The molecule has 2 aliphatic heterocycles. The van der Waals surface area contributed by atoms with Crippen molar-refractivity contribution in [2.45, 2.75) is 25.4 Å². The molecule has 1 amide bonds. The Morgan fingerprint density at radius 1 is 1.19 bits per heavy atom. The smallest absolute Gasteiger partial charge is 0.239 e. The van der Waals surface area contributed by atoms with Crippen LogP contribution in [0.3, 0.4) is 0 Å². The van der Waals surface area contributed by atoms with E-state index >= 15 is 0 Å². The predicted octanol–water partition coefficient (Wildman–Crippen LogP) is 0.548. The number of hydrogen-bond acceptors (Lipinski definition) is 6. The van der Waals surface area contributed by atoms with Gasteiger partial charge in [0.25, 0.3) is 0 Å². The first-order valence-electron chi connectivity index (χ1n) is 9.02. The van der Waals surface area contributed by atoms with Gasteiger partial charge in [0.1, 0.15) is 5.75 Å². The van der Waals surface area contributed by atoms with Crippen molar-refractivity contribution < 1.29 is 18.3 Å². The molecule has 0 aromatic heterocycles. The quantitative estimate of drug-likeness (QED) is 0.820. The summed E-state index contributed by atoms with van der Waals surface area (Å²) in [4.78, 5) is 18.8. The SMILES string of the molecule is C[C@H](C(=O)N(C)[C@H]1CCS(=O)(=O)C1)N1CCN(c2ccc(O)cc2)CC1. The average molecular weight is 381 g/mol. The van der Waals surface area contributed by atoms with Crippen molar-refractivity contribution in [2.75, 3.05) is 49.6 Å². The minimum Gasteiger partial charge on any atom is -0.508 e. The first-order valence-corrected chi connectivity index (χ1v) is 10.8. The van der Waals surface area contributed by atoms with Crippen LogP contribution in [0.2, 0.25) is 0 Å². The fourth-order valence-corrected chi connectivity index (χ4v) is 5.52. The van der Waals surface area contributed by atoms with Gasteiger partial charge in [-0.1, -0.05) is 0 Å². The Morgan fingerprint density at radius 2 is 1.81 bits per heavy atom. The van der Waals surface area contributed by atoms with Gasteiger partial charge in [0, 0.05) is 45.0 Å². The zero-order valence-electron chi connectivity index (χ0n) is 15.3. The van der Waals surface area contributed by atoms with Crippen LogP contribution in [-0.4, -0.2) is 86.0 Å². The van der Waals surface area contributed by atoms with Crippen LogP contribution in [0.15, 0.2) is 24.3 Å². The summed E-state index contributed by atoms with van der Waals surface area (Å²) in [5, 5.41) is 9.40. The lowest BCUT2D eigenvalue weighted by Gasteiger charge is -2.40.